The van der Waals surface area contributed by atoms with Crippen LogP contribution in [0.1, 0.15) is 11.8 Å². The van der Waals surface area contributed by atoms with Gasteiger partial charge >= 0.3 is 0 Å². The van der Waals surface area contributed by atoms with Gasteiger partial charge in [0.05, 0.1) is 6.54 Å². The van der Waals surface area contributed by atoms with Gasteiger partial charge in [0.25, 0.3) is 0 Å². The van der Waals surface area contributed by atoms with E-state index in [1.807, 2.05) is 13.1 Å². The molecule has 6 heteroatoms. The summed E-state index contributed by atoms with van der Waals surface area (Å²) in [6, 6.07) is 6.09. The highest BCUT2D eigenvalue weighted by molar-refractivity contribution is 7.09. The van der Waals surface area contributed by atoms with Crippen LogP contribution in [0.2, 0.25) is 0 Å². The first-order valence-corrected chi connectivity index (χ1v) is 6.70. The van der Waals surface area contributed by atoms with Crippen molar-refractivity contribution in [3.8, 4) is 0 Å². The second-order valence-corrected chi connectivity index (χ2v) is 4.85. The average molecular weight is 263 g/mol. The van der Waals surface area contributed by atoms with Gasteiger partial charge in [-0.3, -0.25) is 0 Å². The first-order valence-electron chi connectivity index (χ1n) is 5.82. The number of anilines is 3. The molecule has 0 saturated heterocycles. The molecule has 2 aromatic heterocycles. The van der Waals surface area contributed by atoms with Gasteiger partial charge in [0.1, 0.15) is 11.6 Å². The number of thiophene rings is 1. The Bertz CT molecular complexity index is 497. The SMILES string of the molecule is CCN(Cc1cccs1)c1cc(NC)nc(N)n1. The van der Waals surface area contributed by atoms with Crippen molar-refractivity contribution in [2.24, 2.45) is 0 Å². The number of rotatable bonds is 5. The van der Waals surface area contributed by atoms with E-state index in [9.17, 15) is 0 Å². The molecule has 0 aliphatic heterocycles. The maximum Gasteiger partial charge on any atom is 0.223 e. The van der Waals surface area contributed by atoms with Crippen molar-refractivity contribution >= 4 is 28.9 Å². The highest BCUT2D eigenvalue weighted by Crippen LogP contribution is 2.20. The molecule has 0 fully saturated rings. The van der Waals surface area contributed by atoms with Crippen molar-refractivity contribution in [2.75, 3.05) is 29.5 Å². The summed E-state index contributed by atoms with van der Waals surface area (Å²) in [4.78, 5) is 11.9. The Labute approximate surface area is 111 Å². The molecule has 18 heavy (non-hydrogen) atoms. The van der Waals surface area contributed by atoms with Gasteiger partial charge in [-0.2, -0.15) is 9.97 Å². The van der Waals surface area contributed by atoms with Crippen LogP contribution >= 0.6 is 11.3 Å². The van der Waals surface area contributed by atoms with Gasteiger partial charge in [-0.1, -0.05) is 6.07 Å². The molecule has 0 atom stereocenters. The minimum Gasteiger partial charge on any atom is -0.373 e. The van der Waals surface area contributed by atoms with Crippen molar-refractivity contribution in [2.45, 2.75) is 13.5 Å². The quantitative estimate of drug-likeness (QED) is 0.865. The Kier molecular flexibility index (Phi) is 3.99. The Hall–Kier alpha value is -1.82. The van der Waals surface area contributed by atoms with Gasteiger partial charge in [0.2, 0.25) is 5.95 Å². The predicted octanol–water partition coefficient (Wildman–Crippen LogP) is 2.19. The molecule has 0 aliphatic rings. The number of nitrogens with zero attached hydrogens (tertiary/aromatic N) is 3. The monoisotopic (exact) mass is 263 g/mol. The fourth-order valence-electron chi connectivity index (χ4n) is 1.69. The third kappa shape index (κ3) is 2.89. The molecule has 0 aromatic carbocycles. The molecule has 0 amide bonds. The minimum atomic E-state index is 0.293. The fraction of sp³-hybridized carbons (Fsp3) is 0.333. The summed E-state index contributed by atoms with van der Waals surface area (Å²) >= 11 is 1.74. The van der Waals surface area contributed by atoms with Crippen LogP contribution in [0.4, 0.5) is 17.6 Å². The number of aromatic nitrogens is 2. The van der Waals surface area contributed by atoms with E-state index < -0.39 is 0 Å². The second kappa shape index (κ2) is 5.68. The fourth-order valence-corrected chi connectivity index (χ4v) is 2.41. The zero-order chi connectivity index (χ0) is 13.0. The highest BCUT2D eigenvalue weighted by Gasteiger charge is 2.10. The standard InChI is InChI=1S/C12H17N5S/c1-3-17(8-9-5-4-6-18-9)11-7-10(14-2)15-12(13)16-11/h4-7H,3,8H2,1-2H3,(H3,13,14,15,16). The van der Waals surface area contributed by atoms with Crippen molar-refractivity contribution in [3.05, 3.63) is 28.5 Å². The molecular weight excluding hydrogens is 246 g/mol. The Morgan fingerprint density at radius 2 is 2.28 bits per heavy atom. The third-order valence-electron chi connectivity index (χ3n) is 2.62. The first kappa shape index (κ1) is 12.6. The van der Waals surface area contributed by atoms with Crippen molar-refractivity contribution in [1.29, 1.82) is 0 Å². The molecule has 0 aliphatic carbocycles. The van der Waals surface area contributed by atoms with E-state index in [-0.39, 0.29) is 0 Å². The molecule has 2 heterocycles. The predicted molar refractivity (Wildman–Crippen MR) is 77.0 cm³/mol. The third-order valence-corrected chi connectivity index (χ3v) is 3.48. The lowest BCUT2D eigenvalue weighted by Crippen LogP contribution is -2.23. The lowest BCUT2D eigenvalue weighted by Gasteiger charge is -2.21. The summed E-state index contributed by atoms with van der Waals surface area (Å²) < 4.78 is 0. The minimum absolute atomic E-state index is 0.293. The first-order chi connectivity index (χ1) is 8.72. The van der Waals surface area contributed by atoms with Crippen LogP contribution in [0.15, 0.2) is 23.6 Å². The van der Waals surface area contributed by atoms with E-state index in [4.69, 9.17) is 5.73 Å². The summed E-state index contributed by atoms with van der Waals surface area (Å²) in [5.74, 6) is 1.88. The molecule has 2 aromatic rings. The van der Waals surface area contributed by atoms with Gasteiger partial charge in [0, 0.05) is 24.5 Å². The van der Waals surface area contributed by atoms with Crippen LogP contribution in [0.5, 0.6) is 0 Å². The summed E-state index contributed by atoms with van der Waals surface area (Å²) in [6.07, 6.45) is 0. The lowest BCUT2D eigenvalue weighted by molar-refractivity contribution is 0.821. The number of nitrogen functional groups attached to an aromatic ring is 1. The zero-order valence-electron chi connectivity index (χ0n) is 10.6. The molecule has 3 N–H and O–H groups in total. The molecule has 0 unspecified atom stereocenters. The highest BCUT2D eigenvalue weighted by atomic mass is 32.1. The van der Waals surface area contributed by atoms with Gasteiger partial charge in [-0.05, 0) is 18.4 Å². The largest absolute Gasteiger partial charge is 0.373 e. The second-order valence-electron chi connectivity index (χ2n) is 3.81. The van der Waals surface area contributed by atoms with Gasteiger partial charge < -0.3 is 16.0 Å². The van der Waals surface area contributed by atoms with E-state index in [0.29, 0.717) is 5.95 Å². The summed E-state index contributed by atoms with van der Waals surface area (Å²) in [5, 5.41) is 5.07. The Morgan fingerprint density at radius 1 is 1.44 bits per heavy atom. The number of hydrogen-bond donors (Lipinski definition) is 2. The topological polar surface area (TPSA) is 67.1 Å². The van der Waals surface area contributed by atoms with E-state index in [1.165, 1.54) is 4.88 Å². The molecule has 96 valence electrons. The number of nitrogens with two attached hydrogens (primary N) is 1. The molecule has 5 nitrogen and oxygen atoms in total. The smallest absolute Gasteiger partial charge is 0.223 e. The number of nitrogens with one attached hydrogen (secondary N) is 1. The molecular formula is C12H17N5S. The van der Waals surface area contributed by atoms with Crippen LogP contribution in [-0.4, -0.2) is 23.6 Å². The van der Waals surface area contributed by atoms with E-state index in [1.54, 1.807) is 11.3 Å². The van der Waals surface area contributed by atoms with Crippen LogP contribution < -0.4 is 16.0 Å². The molecule has 0 radical (unpaired) electrons. The van der Waals surface area contributed by atoms with Crippen molar-refractivity contribution < 1.29 is 0 Å². The summed E-state index contributed by atoms with van der Waals surface area (Å²) in [7, 11) is 1.82. The Morgan fingerprint density at radius 3 is 2.89 bits per heavy atom. The average Bonchev–Trinajstić information content (AvgIpc) is 2.88. The van der Waals surface area contributed by atoms with Gasteiger partial charge in [-0.15, -0.1) is 11.3 Å². The van der Waals surface area contributed by atoms with Crippen LogP contribution in [0.25, 0.3) is 0 Å². The van der Waals surface area contributed by atoms with Crippen molar-refractivity contribution in [1.82, 2.24) is 9.97 Å². The summed E-state index contributed by atoms with van der Waals surface area (Å²) in [6.45, 7) is 3.82. The maximum atomic E-state index is 5.71. The van der Waals surface area contributed by atoms with E-state index in [0.717, 1.165) is 24.7 Å². The maximum absolute atomic E-state index is 5.71. The van der Waals surface area contributed by atoms with E-state index >= 15 is 0 Å². The normalized spacial score (nSPS) is 10.3. The zero-order valence-corrected chi connectivity index (χ0v) is 11.4. The molecule has 2 rings (SSSR count). The summed E-state index contributed by atoms with van der Waals surface area (Å²) in [5.41, 5.74) is 5.71. The number of hydrogen-bond acceptors (Lipinski definition) is 6. The van der Waals surface area contributed by atoms with E-state index in [2.05, 4.69) is 44.6 Å². The van der Waals surface area contributed by atoms with Crippen LogP contribution in [0.3, 0.4) is 0 Å². The Balaban J connectivity index is 2.24. The van der Waals surface area contributed by atoms with Crippen LogP contribution in [0, 0.1) is 0 Å². The lowest BCUT2D eigenvalue weighted by atomic mass is 10.4. The van der Waals surface area contributed by atoms with Crippen molar-refractivity contribution in [3.63, 3.8) is 0 Å². The van der Waals surface area contributed by atoms with Gasteiger partial charge in [0.15, 0.2) is 0 Å². The molecule has 0 spiro atoms. The van der Waals surface area contributed by atoms with Gasteiger partial charge in [-0.25, -0.2) is 0 Å². The molecule has 0 saturated carbocycles. The molecule has 0 bridgehead atoms. The van der Waals surface area contributed by atoms with Crippen LogP contribution in [-0.2, 0) is 6.54 Å².